The van der Waals surface area contributed by atoms with E-state index in [4.69, 9.17) is 4.74 Å². The van der Waals surface area contributed by atoms with Crippen LogP contribution in [0.5, 0.6) is 0 Å². The van der Waals surface area contributed by atoms with Crippen molar-refractivity contribution < 1.29 is 28.7 Å². The molecule has 0 aromatic heterocycles. The van der Waals surface area contributed by atoms with E-state index in [1.807, 2.05) is 39.0 Å². The number of thiol groups is 1. The molecule has 3 amide bonds. The molecule has 10 heteroatoms. The Morgan fingerprint density at radius 3 is 2.05 bits per heavy atom. The van der Waals surface area contributed by atoms with Crippen molar-refractivity contribution in [2.45, 2.75) is 92.0 Å². The molecule has 0 fully saturated rings. The van der Waals surface area contributed by atoms with Crippen LogP contribution in [0.4, 0.5) is 4.79 Å². The topological polar surface area (TPSA) is 114 Å². The van der Waals surface area contributed by atoms with Crippen molar-refractivity contribution >= 4 is 36.5 Å². The molecule has 0 aliphatic heterocycles. The summed E-state index contributed by atoms with van der Waals surface area (Å²) in [7, 11) is 1.24. The number of benzene rings is 1. The Kier molecular flexibility index (Phi) is 13.1. The number of ether oxygens (including phenoxy) is 2. The molecule has 0 bridgehead atoms. The second-order valence-corrected chi connectivity index (χ2v) is 11.4. The van der Waals surface area contributed by atoms with Gasteiger partial charge in [-0.25, -0.2) is 4.79 Å². The minimum absolute atomic E-state index is 0.00514. The molecule has 0 saturated carbocycles. The summed E-state index contributed by atoms with van der Waals surface area (Å²) in [5.41, 5.74) is 1.69. The van der Waals surface area contributed by atoms with Crippen molar-refractivity contribution in [1.29, 1.82) is 0 Å². The van der Waals surface area contributed by atoms with Gasteiger partial charge in [0, 0.05) is 11.8 Å². The molecule has 1 aromatic carbocycles. The van der Waals surface area contributed by atoms with Crippen LogP contribution >= 0.6 is 12.6 Å². The largest absolute Gasteiger partial charge is 0.468 e. The van der Waals surface area contributed by atoms with Crippen LogP contribution in [0, 0.1) is 19.8 Å². The molecule has 0 aliphatic carbocycles. The van der Waals surface area contributed by atoms with Crippen LogP contribution in [-0.2, 0) is 23.9 Å². The minimum atomic E-state index is -1.06. The molecule has 3 unspecified atom stereocenters. The van der Waals surface area contributed by atoms with E-state index in [-0.39, 0.29) is 18.3 Å². The third kappa shape index (κ3) is 10.9. The van der Waals surface area contributed by atoms with Crippen LogP contribution in [0.1, 0.15) is 77.1 Å². The number of carbonyl (C=O) groups is 4. The van der Waals surface area contributed by atoms with E-state index in [0.29, 0.717) is 17.9 Å². The fourth-order valence-corrected chi connectivity index (χ4v) is 4.31. The highest BCUT2D eigenvalue weighted by Crippen LogP contribution is 2.29. The van der Waals surface area contributed by atoms with Crippen molar-refractivity contribution in [1.82, 2.24) is 15.5 Å². The zero-order valence-corrected chi connectivity index (χ0v) is 25.1. The van der Waals surface area contributed by atoms with E-state index in [9.17, 15) is 19.2 Å². The molecule has 0 saturated heterocycles. The van der Waals surface area contributed by atoms with Gasteiger partial charge in [0.05, 0.1) is 7.11 Å². The summed E-state index contributed by atoms with van der Waals surface area (Å²) in [5, 5.41) is 5.23. The molecular weight excluding hydrogens is 506 g/mol. The number of hydrogen-bond acceptors (Lipinski definition) is 7. The monoisotopic (exact) mass is 551 g/mol. The highest BCUT2D eigenvalue weighted by Gasteiger charge is 2.38. The van der Waals surface area contributed by atoms with Gasteiger partial charge in [0.25, 0.3) is 0 Å². The Morgan fingerprint density at radius 2 is 1.58 bits per heavy atom. The Morgan fingerprint density at radius 1 is 1.00 bits per heavy atom. The maximum Gasteiger partial charge on any atom is 0.408 e. The molecule has 2 N–H and O–H groups in total. The van der Waals surface area contributed by atoms with Crippen LogP contribution in [0.25, 0.3) is 0 Å². The summed E-state index contributed by atoms with van der Waals surface area (Å²) < 4.78 is 10.0. The van der Waals surface area contributed by atoms with Gasteiger partial charge in [0.2, 0.25) is 11.8 Å². The van der Waals surface area contributed by atoms with Gasteiger partial charge < -0.3 is 25.0 Å². The number of rotatable bonds is 12. The first kappa shape index (κ1) is 33.3. The van der Waals surface area contributed by atoms with E-state index in [2.05, 4.69) is 41.8 Å². The molecule has 38 heavy (non-hydrogen) atoms. The lowest BCUT2D eigenvalue weighted by atomic mass is 9.95. The second-order valence-electron chi connectivity index (χ2n) is 11.1. The predicted octanol–water partition coefficient (Wildman–Crippen LogP) is 4.11. The second kappa shape index (κ2) is 15.0. The van der Waals surface area contributed by atoms with Crippen LogP contribution in [-0.4, -0.2) is 65.9 Å². The van der Waals surface area contributed by atoms with Gasteiger partial charge in [-0.3, -0.25) is 14.4 Å². The third-order valence-electron chi connectivity index (χ3n) is 5.78. The quantitative estimate of drug-likeness (QED) is 0.266. The zero-order valence-electron chi connectivity index (χ0n) is 24.2. The lowest BCUT2D eigenvalue weighted by Gasteiger charge is -2.38. The fourth-order valence-electron chi connectivity index (χ4n) is 4.06. The van der Waals surface area contributed by atoms with E-state index in [0.717, 1.165) is 17.5 Å². The summed E-state index contributed by atoms with van der Waals surface area (Å²) >= 11 is 4.33. The number of nitrogens with zero attached hydrogens (tertiary/aromatic N) is 1. The maximum absolute atomic E-state index is 14.1. The van der Waals surface area contributed by atoms with E-state index in [1.165, 1.54) is 12.0 Å². The predicted molar refractivity (Wildman–Crippen MR) is 151 cm³/mol. The number of methoxy groups -OCH3 is 1. The van der Waals surface area contributed by atoms with Gasteiger partial charge in [0.15, 0.2) is 0 Å². The first-order valence-electron chi connectivity index (χ1n) is 12.9. The number of esters is 1. The van der Waals surface area contributed by atoms with Crippen LogP contribution < -0.4 is 10.6 Å². The molecule has 9 nitrogen and oxygen atoms in total. The van der Waals surface area contributed by atoms with E-state index < -0.39 is 41.6 Å². The van der Waals surface area contributed by atoms with Gasteiger partial charge in [-0.1, -0.05) is 43.2 Å². The normalized spacial score (nSPS) is 13.8. The molecule has 214 valence electrons. The first-order chi connectivity index (χ1) is 17.6. The highest BCUT2D eigenvalue weighted by atomic mass is 32.1. The molecule has 0 aliphatic rings. The molecule has 0 heterocycles. The number of hydrogen-bond donors (Lipinski definition) is 3. The van der Waals surface area contributed by atoms with Crippen LogP contribution in [0.15, 0.2) is 18.2 Å². The van der Waals surface area contributed by atoms with E-state index in [1.54, 1.807) is 20.8 Å². The lowest BCUT2D eigenvalue weighted by Crippen LogP contribution is -2.56. The van der Waals surface area contributed by atoms with Gasteiger partial charge in [-0.05, 0) is 65.9 Å². The average molecular weight is 552 g/mol. The summed E-state index contributed by atoms with van der Waals surface area (Å²) in [5.74, 6) is -1.24. The smallest absolute Gasteiger partial charge is 0.408 e. The molecular formula is C28H45N3O6S. The molecule has 0 radical (unpaired) electrons. The Balaban J connectivity index is 3.59. The maximum atomic E-state index is 14.1. The average Bonchev–Trinajstić information content (AvgIpc) is 2.80. The van der Waals surface area contributed by atoms with Crippen LogP contribution in [0.3, 0.4) is 0 Å². The zero-order chi connectivity index (χ0) is 29.2. The Labute approximate surface area is 232 Å². The molecule has 0 spiro atoms. The number of carbonyl (C=O) groups excluding carboxylic acids is 4. The van der Waals surface area contributed by atoms with Crippen molar-refractivity contribution in [3.63, 3.8) is 0 Å². The number of alkyl carbamates (subject to hydrolysis) is 1. The van der Waals surface area contributed by atoms with Gasteiger partial charge in [-0.2, -0.15) is 12.6 Å². The molecule has 3 atom stereocenters. The summed E-state index contributed by atoms with van der Waals surface area (Å²) in [6.45, 7) is 14.7. The molecule has 1 rings (SSSR count). The Bertz CT molecular complexity index is 956. The summed E-state index contributed by atoms with van der Waals surface area (Å²) in [4.78, 5) is 53.6. The van der Waals surface area contributed by atoms with Crippen molar-refractivity contribution in [2.75, 3.05) is 19.4 Å². The van der Waals surface area contributed by atoms with Crippen LogP contribution in [0.2, 0.25) is 0 Å². The summed E-state index contributed by atoms with van der Waals surface area (Å²) in [6, 6.07) is 3.19. The SMILES string of the molecule is COC(=O)CNC(=O)C(c1cc(C)cc(C)c1)N(C(=O)C(CS)NC(=O)OC(C)(C)C)C(C)CCC(C)C. The van der Waals surface area contributed by atoms with Gasteiger partial charge >= 0.3 is 12.1 Å². The number of amides is 3. The Hall–Kier alpha value is -2.75. The summed E-state index contributed by atoms with van der Waals surface area (Å²) in [6.07, 6.45) is 0.692. The molecule has 1 aromatic rings. The highest BCUT2D eigenvalue weighted by molar-refractivity contribution is 7.80. The number of nitrogens with one attached hydrogen (secondary N) is 2. The van der Waals surface area contributed by atoms with Gasteiger partial charge in [0.1, 0.15) is 24.2 Å². The van der Waals surface area contributed by atoms with Gasteiger partial charge in [-0.15, -0.1) is 0 Å². The third-order valence-corrected chi connectivity index (χ3v) is 6.15. The minimum Gasteiger partial charge on any atom is -0.468 e. The standard InChI is InChI=1S/C28H45N3O6S/c1-17(2)10-11-20(5)31(26(34)22(16-38)30-27(35)37-28(6,7)8)24(25(33)29-15-23(32)36-9)21-13-18(3)12-19(4)14-21/h12-14,17,20,22,24,38H,10-11,15-16H2,1-9H3,(H,29,33)(H,30,35). The van der Waals surface area contributed by atoms with Crippen molar-refractivity contribution in [3.05, 3.63) is 34.9 Å². The lowest BCUT2D eigenvalue weighted by molar-refractivity contribution is -0.146. The van der Waals surface area contributed by atoms with E-state index >= 15 is 0 Å². The van der Waals surface area contributed by atoms with Crippen molar-refractivity contribution in [3.8, 4) is 0 Å². The fraction of sp³-hybridized carbons (Fsp3) is 0.643. The number of aryl methyl sites for hydroxylation is 2. The van der Waals surface area contributed by atoms with Crippen molar-refractivity contribution in [2.24, 2.45) is 5.92 Å². The first-order valence-corrected chi connectivity index (χ1v) is 13.6.